The summed E-state index contributed by atoms with van der Waals surface area (Å²) in [5.41, 5.74) is 11.2. The van der Waals surface area contributed by atoms with E-state index in [0.717, 1.165) is 4.90 Å². The fraction of sp³-hybridized carbons (Fsp3) is 0.310. The normalized spacial score (nSPS) is 13.7. The Bertz CT molecular complexity index is 1530. The van der Waals surface area contributed by atoms with Crippen molar-refractivity contribution in [3.63, 3.8) is 0 Å². The van der Waals surface area contributed by atoms with Gasteiger partial charge in [-0.2, -0.15) is 13.2 Å². The Balaban J connectivity index is 2.01. The van der Waals surface area contributed by atoms with Gasteiger partial charge in [-0.15, -0.1) is 0 Å². The quantitative estimate of drug-likeness (QED) is 0.0998. The highest BCUT2D eigenvalue weighted by atomic mass is 19.4. The van der Waals surface area contributed by atoms with E-state index in [1.165, 1.54) is 35.2 Å². The van der Waals surface area contributed by atoms with Crippen molar-refractivity contribution in [3.8, 4) is 11.8 Å². The summed E-state index contributed by atoms with van der Waals surface area (Å²) < 4.78 is 42.2. The van der Waals surface area contributed by atoms with Gasteiger partial charge in [-0.05, 0) is 37.6 Å². The topological polar surface area (TPSA) is 177 Å². The molecule has 44 heavy (non-hydrogen) atoms. The molecule has 0 bridgehead atoms. The van der Waals surface area contributed by atoms with Crippen LogP contribution in [0.25, 0.3) is 0 Å². The fourth-order valence-corrected chi connectivity index (χ4v) is 4.37. The first kappa shape index (κ1) is 33.1. The highest BCUT2D eigenvalue weighted by molar-refractivity contribution is 6.10. The Labute approximate surface area is 250 Å². The van der Waals surface area contributed by atoms with Crippen molar-refractivity contribution >= 4 is 41.3 Å². The molecule has 0 radical (unpaired) electrons. The standard InChI is InChI=1S/C29H29F3N6O6/c1-17(2)38-21-10-8-18(9-11-23(39)35-12-13-36-28(33)34)14-20(21)26(42)37(16-24(38)40)22(19-6-4-3-5-7-19)15-25(41)44-27(43)29(30,31)32/h3-8,10,14,17,22H,12-13,15-16H2,1-2H3,(H,35,39)(H4,33,34,36). The molecule has 5 N–H and O–H groups in total. The molecule has 1 heterocycles. The number of halogens is 3. The van der Waals surface area contributed by atoms with Crippen LogP contribution in [0.2, 0.25) is 0 Å². The molecule has 3 amide bonds. The summed E-state index contributed by atoms with van der Waals surface area (Å²) in [4.78, 5) is 69.6. The van der Waals surface area contributed by atoms with Crippen LogP contribution in [-0.4, -0.2) is 72.4 Å². The number of aliphatic imine (C=N–C) groups is 1. The smallest absolute Gasteiger partial charge is 0.386 e. The lowest BCUT2D eigenvalue weighted by atomic mass is 10.00. The number of hydrogen-bond donors (Lipinski definition) is 3. The van der Waals surface area contributed by atoms with Gasteiger partial charge >= 0.3 is 18.1 Å². The largest absolute Gasteiger partial charge is 0.491 e. The van der Waals surface area contributed by atoms with Crippen LogP contribution in [0.4, 0.5) is 18.9 Å². The summed E-state index contributed by atoms with van der Waals surface area (Å²) in [5, 5.41) is 2.50. The minimum atomic E-state index is -5.41. The Morgan fingerprint density at radius 1 is 1.09 bits per heavy atom. The Hall–Kier alpha value is -5.39. The number of esters is 2. The SMILES string of the molecule is CC(C)N1C(=O)CN(C(CC(=O)OC(=O)C(F)(F)F)c2ccccc2)C(=O)c2cc(C#CC(=O)NCCN=C(N)N)ccc21. The van der Waals surface area contributed by atoms with Gasteiger partial charge in [0.2, 0.25) is 5.91 Å². The third kappa shape index (κ3) is 8.57. The summed E-state index contributed by atoms with van der Waals surface area (Å²) in [5.74, 6) is -1.28. The van der Waals surface area contributed by atoms with Crippen molar-refractivity contribution in [2.75, 3.05) is 24.5 Å². The molecule has 0 aromatic heterocycles. The summed E-state index contributed by atoms with van der Waals surface area (Å²) in [6.45, 7) is 3.14. The van der Waals surface area contributed by atoms with Crippen molar-refractivity contribution in [1.29, 1.82) is 0 Å². The van der Waals surface area contributed by atoms with Crippen LogP contribution in [0.5, 0.6) is 0 Å². The number of guanidine groups is 1. The number of alkyl halides is 3. The molecule has 1 unspecified atom stereocenters. The number of carbonyl (C=O) groups is 5. The molecule has 2 aromatic carbocycles. The predicted molar refractivity (Wildman–Crippen MR) is 152 cm³/mol. The number of benzene rings is 2. The molecule has 0 fully saturated rings. The molecule has 232 valence electrons. The Kier molecular flexibility index (Phi) is 10.7. The van der Waals surface area contributed by atoms with E-state index in [-0.39, 0.29) is 35.9 Å². The number of ether oxygens (including phenoxy) is 1. The van der Waals surface area contributed by atoms with Crippen LogP contribution in [-0.2, 0) is 23.9 Å². The lowest BCUT2D eigenvalue weighted by Gasteiger charge is -2.30. The van der Waals surface area contributed by atoms with E-state index >= 15 is 0 Å². The van der Waals surface area contributed by atoms with E-state index < -0.39 is 60.9 Å². The monoisotopic (exact) mass is 614 g/mol. The molecule has 1 aliphatic rings. The molecule has 1 aliphatic heterocycles. The van der Waals surface area contributed by atoms with Crippen LogP contribution < -0.4 is 21.7 Å². The highest BCUT2D eigenvalue weighted by Gasteiger charge is 2.43. The maximum absolute atomic E-state index is 14.0. The third-order valence-corrected chi connectivity index (χ3v) is 6.21. The van der Waals surface area contributed by atoms with Gasteiger partial charge in [0.15, 0.2) is 5.96 Å². The van der Waals surface area contributed by atoms with Gasteiger partial charge < -0.3 is 31.3 Å². The summed E-state index contributed by atoms with van der Waals surface area (Å²) in [7, 11) is 0. The first-order valence-electron chi connectivity index (χ1n) is 13.2. The van der Waals surface area contributed by atoms with Crippen molar-refractivity contribution in [2.24, 2.45) is 16.5 Å². The van der Waals surface area contributed by atoms with E-state index in [4.69, 9.17) is 11.5 Å². The number of nitrogens with one attached hydrogen (secondary N) is 1. The fourth-order valence-electron chi connectivity index (χ4n) is 4.37. The molecule has 0 saturated carbocycles. The molecular formula is C29H29F3N6O6. The average molecular weight is 615 g/mol. The molecule has 12 nitrogen and oxygen atoms in total. The molecule has 0 saturated heterocycles. The molecule has 2 aromatic rings. The lowest BCUT2D eigenvalue weighted by Crippen LogP contribution is -2.44. The summed E-state index contributed by atoms with van der Waals surface area (Å²) >= 11 is 0. The highest BCUT2D eigenvalue weighted by Crippen LogP contribution is 2.34. The minimum Gasteiger partial charge on any atom is -0.386 e. The molecular weight excluding hydrogens is 585 g/mol. The van der Waals surface area contributed by atoms with Crippen LogP contribution >= 0.6 is 0 Å². The molecule has 15 heteroatoms. The van der Waals surface area contributed by atoms with Gasteiger partial charge in [0.1, 0.15) is 6.54 Å². The number of fused-ring (bicyclic) bond motifs is 1. The second kappa shape index (κ2) is 14.2. The van der Waals surface area contributed by atoms with E-state index in [0.29, 0.717) is 5.56 Å². The summed E-state index contributed by atoms with van der Waals surface area (Å²) in [6, 6.07) is 10.5. The van der Waals surface area contributed by atoms with Crippen LogP contribution in [0.3, 0.4) is 0 Å². The van der Waals surface area contributed by atoms with Gasteiger partial charge in [0, 0.05) is 24.1 Å². The third-order valence-electron chi connectivity index (χ3n) is 6.21. The molecule has 0 aliphatic carbocycles. The van der Waals surface area contributed by atoms with Gasteiger partial charge in [-0.25, -0.2) is 4.79 Å². The van der Waals surface area contributed by atoms with Crippen molar-refractivity contribution in [2.45, 2.75) is 38.5 Å². The number of nitrogens with two attached hydrogens (primary N) is 2. The van der Waals surface area contributed by atoms with Crippen LogP contribution in [0.15, 0.2) is 53.5 Å². The molecule has 3 rings (SSSR count). The van der Waals surface area contributed by atoms with E-state index in [2.05, 4.69) is 26.9 Å². The number of carbonyl (C=O) groups excluding carboxylic acids is 5. The zero-order chi connectivity index (χ0) is 32.6. The lowest BCUT2D eigenvalue weighted by molar-refractivity contribution is -0.202. The average Bonchev–Trinajstić information content (AvgIpc) is 3.06. The number of anilines is 1. The van der Waals surface area contributed by atoms with Gasteiger partial charge in [0.05, 0.1) is 30.3 Å². The number of amides is 3. The number of rotatable bonds is 8. The maximum Gasteiger partial charge on any atom is 0.491 e. The van der Waals surface area contributed by atoms with Gasteiger partial charge in [0.25, 0.3) is 11.8 Å². The van der Waals surface area contributed by atoms with Crippen molar-refractivity contribution < 1.29 is 41.9 Å². The van der Waals surface area contributed by atoms with Gasteiger partial charge in [-0.1, -0.05) is 36.3 Å². The second-order valence-electron chi connectivity index (χ2n) is 9.72. The zero-order valence-electron chi connectivity index (χ0n) is 23.7. The zero-order valence-corrected chi connectivity index (χ0v) is 23.7. The molecule has 1 atom stereocenters. The first-order valence-corrected chi connectivity index (χ1v) is 13.2. The van der Waals surface area contributed by atoms with Gasteiger partial charge in [-0.3, -0.25) is 24.2 Å². The number of hydrogen-bond acceptors (Lipinski definition) is 7. The Morgan fingerprint density at radius 3 is 2.39 bits per heavy atom. The predicted octanol–water partition coefficient (Wildman–Crippen LogP) is 1.39. The van der Waals surface area contributed by atoms with Crippen LogP contribution in [0.1, 0.15) is 47.8 Å². The number of nitrogens with zero attached hydrogens (tertiary/aromatic N) is 3. The van der Waals surface area contributed by atoms with Crippen molar-refractivity contribution in [3.05, 3.63) is 65.2 Å². The molecule has 0 spiro atoms. The Morgan fingerprint density at radius 2 is 1.77 bits per heavy atom. The van der Waals surface area contributed by atoms with Crippen LogP contribution in [0, 0.1) is 11.8 Å². The second-order valence-corrected chi connectivity index (χ2v) is 9.72. The summed E-state index contributed by atoms with van der Waals surface area (Å²) in [6.07, 6.45) is -6.27. The van der Waals surface area contributed by atoms with Crippen molar-refractivity contribution in [1.82, 2.24) is 10.2 Å². The first-order chi connectivity index (χ1) is 20.7. The van der Waals surface area contributed by atoms with E-state index in [1.54, 1.807) is 32.0 Å². The maximum atomic E-state index is 14.0. The van der Waals surface area contributed by atoms with E-state index in [9.17, 15) is 37.1 Å². The minimum absolute atomic E-state index is 0.00909. The van der Waals surface area contributed by atoms with E-state index in [1.807, 2.05) is 0 Å².